The average molecular weight is 886 g/mol. The highest BCUT2D eigenvalue weighted by atomic mass is 16.3. The molecule has 0 aliphatic rings. The number of rotatable bonds is 50. The number of allylic oxidation sites excluding steroid dienone is 8. The lowest BCUT2D eigenvalue weighted by Gasteiger charge is -2.27. The molecule has 0 aliphatic carbocycles. The first kappa shape index (κ1) is 61.3. The summed E-state index contributed by atoms with van der Waals surface area (Å²) >= 11 is 0. The second-order valence-corrected chi connectivity index (χ2v) is 18.9. The van der Waals surface area contributed by atoms with Crippen LogP contribution >= 0.6 is 0 Å². The van der Waals surface area contributed by atoms with Crippen LogP contribution < -0.4 is 5.32 Å². The fourth-order valence-electron chi connectivity index (χ4n) is 8.39. The number of hydrogen-bond acceptors (Lipinski definition) is 5. The molecule has 0 radical (unpaired) electrons. The SMILES string of the molecule is CCCCCCCCCC/C=C/CC/C=C/CCCC(O)C(O)C(CO)NC(=O)C(O)CCCCCCCCCCCCCCCC/C=C\C/C=C\CCCCCCCCCCC. The minimum absolute atomic E-state index is 0.359. The van der Waals surface area contributed by atoms with E-state index in [-0.39, 0.29) is 0 Å². The lowest BCUT2D eigenvalue weighted by molar-refractivity contribution is -0.132. The van der Waals surface area contributed by atoms with E-state index in [1.807, 2.05) is 0 Å². The number of nitrogens with one attached hydrogen (secondary N) is 1. The number of amides is 1. The van der Waals surface area contributed by atoms with E-state index in [1.54, 1.807) is 0 Å². The van der Waals surface area contributed by atoms with Crippen molar-refractivity contribution in [2.75, 3.05) is 6.61 Å². The van der Waals surface area contributed by atoms with Gasteiger partial charge >= 0.3 is 0 Å². The first-order valence-electron chi connectivity index (χ1n) is 27.5. The summed E-state index contributed by atoms with van der Waals surface area (Å²) in [5, 5.41) is 43.9. The number of hydrogen-bond donors (Lipinski definition) is 5. The quantitative estimate of drug-likeness (QED) is 0.0309. The van der Waals surface area contributed by atoms with Crippen molar-refractivity contribution in [2.45, 2.75) is 301 Å². The van der Waals surface area contributed by atoms with Crippen LogP contribution in [-0.4, -0.2) is 57.3 Å². The van der Waals surface area contributed by atoms with Gasteiger partial charge in [0, 0.05) is 0 Å². The topological polar surface area (TPSA) is 110 Å². The van der Waals surface area contributed by atoms with E-state index in [9.17, 15) is 25.2 Å². The van der Waals surface area contributed by atoms with Gasteiger partial charge in [-0.05, 0) is 83.5 Å². The Labute approximate surface area is 391 Å². The van der Waals surface area contributed by atoms with E-state index >= 15 is 0 Å². The van der Waals surface area contributed by atoms with Gasteiger partial charge in [0.1, 0.15) is 12.2 Å². The van der Waals surface area contributed by atoms with Crippen molar-refractivity contribution in [2.24, 2.45) is 0 Å². The second kappa shape index (κ2) is 51.3. The molecule has 63 heavy (non-hydrogen) atoms. The Hall–Kier alpha value is -1.73. The van der Waals surface area contributed by atoms with Gasteiger partial charge < -0.3 is 25.7 Å². The molecule has 370 valence electrons. The van der Waals surface area contributed by atoms with Crippen molar-refractivity contribution >= 4 is 5.91 Å². The number of aliphatic hydroxyl groups is 4. The average Bonchev–Trinajstić information content (AvgIpc) is 3.29. The predicted octanol–water partition coefficient (Wildman–Crippen LogP) is 15.8. The minimum Gasteiger partial charge on any atom is -0.394 e. The van der Waals surface area contributed by atoms with Crippen LogP contribution in [0.15, 0.2) is 48.6 Å². The predicted molar refractivity (Wildman–Crippen MR) is 274 cm³/mol. The Morgan fingerprint density at radius 1 is 0.397 bits per heavy atom. The van der Waals surface area contributed by atoms with Gasteiger partial charge in [-0.3, -0.25) is 4.79 Å². The molecule has 0 saturated heterocycles. The standard InChI is InChI=1S/C57H107NO5/c1-3-5-7-9-11-13-15-17-19-21-22-23-24-25-26-27-28-29-30-31-32-33-35-37-39-41-43-45-47-49-51-55(61)57(63)58-53(52-59)56(62)54(60)50-48-46-44-42-40-38-36-34-20-18-16-14-12-10-8-6-4-2/h22-23,25-26,34,36,42,44,53-56,59-62H,3-21,24,27-33,35,37-41,43,45-52H2,1-2H3,(H,58,63)/b23-22-,26-25-,36-34+,44-42+. The Balaban J connectivity index is 3.66. The normalized spacial score (nSPS) is 14.2. The number of aliphatic hydroxyl groups excluding tert-OH is 4. The van der Waals surface area contributed by atoms with Crippen molar-refractivity contribution in [1.29, 1.82) is 0 Å². The Morgan fingerprint density at radius 2 is 0.714 bits per heavy atom. The Bertz CT molecular complexity index is 1040. The fourth-order valence-corrected chi connectivity index (χ4v) is 8.39. The third-order valence-corrected chi connectivity index (χ3v) is 12.7. The zero-order valence-corrected chi connectivity index (χ0v) is 41.8. The highest BCUT2D eigenvalue weighted by molar-refractivity contribution is 5.80. The summed E-state index contributed by atoms with van der Waals surface area (Å²) in [5.74, 6) is -0.597. The van der Waals surface area contributed by atoms with Crippen LogP contribution in [0.3, 0.4) is 0 Å². The van der Waals surface area contributed by atoms with E-state index in [1.165, 1.54) is 199 Å². The van der Waals surface area contributed by atoms with Gasteiger partial charge in [-0.15, -0.1) is 0 Å². The first-order chi connectivity index (χ1) is 31.0. The molecule has 6 nitrogen and oxygen atoms in total. The molecule has 4 unspecified atom stereocenters. The molecule has 0 heterocycles. The van der Waals surface area contributed by atoms with E-state index in [0.717, 1.165) is 44.9 Å². The second-order valence-electron chi connectivity index (χ2n) is 18.9. The van der Waals surface area contributed by atoms with Crippen LogP contribution in [0.25, 0.3) is 0 Å². The highest BCUT2D eigenvalue weighted by Crippen LogP contribution is 2.16. The third-order valence-electron chi connectivity index (χ3n) is 12.7. The summed E-state index contributed by atoms with van der Waals surface area (Å²) < 4.78 is 0. The van der Waals surface area contributed by atoms with Gasteiger partial charge in [0.2, 0.25) is 5.91 Å². The van der Waals surface area contributed by atoms with Gasteiger partial charge in [-0.25, -0.2) is 0 Å². The lowest BCUT2D eigenvalue weighted by Crippen LogP contribution is -2.53. The third kappa shape index (κ3) is 45.2. The van der Waals surface area contributed by atoms with Crippen molar-refractivity contribution in [1.82, 2.24) is 5.32 Å². The van der Waals surface area contributed by atoms with Crippen LogP contribution in [0, 0.1) is 0 Å². The molecule has 0 aromatic rings. The van der Waals surface area contributed by atoms with Crippen molar-refractivity contribution in [3.8, 4) is 0 Å². The molecule has 0 aromatic heterocycles. The molecule has 0 aliphatic heterocycles. The molecule has 0 aromatic carbocycles. The zero-order chi connectivity index (χ0) is 45.9. The van der Waals surface area contributed by atoms with Crippen molar-refractivity contribution < 1.29 is 25.2 Å². The van der Waals surface area contributed by atoms with Gasteiger partial charge in [0.15, 0.2) is 0 Å². The van der Waals surface area contributed by atoms with Gasteiger partial charge in [0.05, 0.1) is 18.8 Å². The largest absolute Gasteiger partial charge is 0.394 e. The molecule has 1 amide bonds. The maximum atomic E-state index is 12.6. The number of unbranched alkanes of at least 4 members (excludes halogenated alkanes) is 33. The molecule has 0 bridgehead atoms. The summed E-state index contributed by atoms with van der Waals surface area (Å²) in [6.07, 6.45) is 64.6. The van der Waals surface area contributed by atoms with E-state index in [4.69, 9.17) is 0 Å². The Morgan fingerprint density at radius 3 is 1.10 bits per heavy atom. The molecule has 0 spiro atoms. The molecule has 0 saturated carbocycles. The first-order valence-corrected chi connectivity index (χ1v) is 27.5. The molecular weight excluding hydrogens is 779 g/mol. The molecule has 0 fully saturated rings. The molecule has 5 N–H and O–H groups in total. The summed E-state index contributed by atoms with van der Waals surface area (Å²) in [4.78, 5) is 12.6. The lowest BCUT2D eigenvalue weighted by atomic mass is 10.00. The van der Waals surface area contributed by atoms with E-state index in [2.05, 4.69) is 67.8 Å². The van der Waals surface area contributed by atoms with E-state index in [0.29, 0.717) is 19.3 Å². The van der Waals surface area contributed by atoms with Crippen molar-refractivity contribution in [3.05, 3.63) is 48.6 Å². The van der Waals surface area contributed by atoms with E-state index < -0.39 is 36.9 Å². The van der Waals surface area contributed by atoms with Crippen LogP contribution in [0.1, 0.15) is 277 Å². The number of carbonyl (C=O) groups excluding carboxylic acids is 1. The van der Waals surface area contributed by atoms with Crippen LogP contribution in [-0.2, 0) is 4.79 Å². The van der Waals surface area contributed by atoms with Gasteiger partial charge in [-0.1, -0.05) is 242 Å². The summed E-state index contributed by atoms with van der Waals surface area (Å²) in [6, 6.07) is -1.01. The highest BCUT2D eigenvalue weighted by Gasteiger charge is 2.28. The maximum Gasteiger partial charge on any atom is 0.249 e. The maximum absolute atomic E-state index is 12.6. The summed E-state index contributed by atoms with van der Waals surface area (Å²) in [5.41, 5.74) is 0. The Kier molecular flexibility index (Phi) is 49.8. The van der Waals surface area contributed by atoms with Crippen LogP contribution in [0.4, 0.5) is 0 Å². The molecule has 0 rings (SSSR count). The number of carbonyl (C=O) groups is 1. The smallest absolute Gasteiger partial charge is 0.249 e. The zero-order valence-electron chi connectivity index (χ0n) is 41.8. The molecule has 6 heteroatoms. The monoisotopic (exact) mass is 886 g/mol. The van der Waals surface area contributed by atoms with Gasteiger partial charge in [0.25, 0.3) is 0 Å². The van der Waals surface area contributed by atoms with Crippen LogP contribution in [0.2, 0.25) is 0 Å². The summed E-state index contributed by atoms with van der Waals surface area (Å²) in [6.45, 7) is 4.05. The molecular formula is C57H107NO5. The van der Waals surface area contributed by atoms with Crippen molar-refractivity contribution in [3.63, 3.8) is 0 Å². The van der Waals surface area contributed by atoms with Gasteiger partial charge in [-0.2, -0.15) is 0 Å². The van der Waals surface area contributed by atoms with Crippen LogP contribution in [0.5, 0.6) is 0 Å². The minimum atomic E-state index is -1.29. The fraction of sp³-hybridized carbons (Fsp3) is 0.842. The molecule has 4 atom stereocenters. The summed E-state index contributed by atoms with van der Waals surface area (Å²) in [7, 11) is 0.